The van der Waals surface area contributed by atoms with Crippen LogP contribution in [0.15, 0.2) is 48.7 Å². The van der Waals surface area contributed by atoms with Gasteiger partial charge < -0.3 is 4.98 Å². The van der Waals surface area contributed by atoms with Gasteiger partial charge in [-0.15, -0.1) is 35.3 Å². The summed E-state index contributed by atoms with van der Waals surface area (Å²) in [5.41, 5.74) is 10.3. The van der Waals surface area contributed by atoms with E-state index in [1.165, 1.54) is 33.1 Å². The maximum Gasteiger partial charge on any atom is 0.182 e. The molecule has 1 aromatic heterocycles. The number of nitrogens with zero attached hydrogens (tertiary/aromatic N) is 1. The SMILES string of the molecule is Cc1cc(C)c(B2c3ccc[c-]c3-c3ncccc32)c(C)c1.[Pt]. The van der Waals surface area contributed by atoms with Crippen LogP contribution < -0.4 is 16.4 Å². The van der Waals surface area contributed by atoms with E-state index in [1.807, 2.05) is 18.3 Å². The van der Waals surface area contributed by atoms with Crippen molar-refractivity contribution < 1.29 is 21.1 Å². The number of fused-ring (bicyclic) bond motifs is 3. The van der Waals surface area contributed by atoms with Crippen LogP contribution in [-0.2, 0) is 21.1 Å². The molecule has 0 saturated carbocycles. The topological polar surface area (TPSA) is 12.9 Å². The second kappa shape index (κ2) is 6.09. The number of aryl methyl sites for hydroxylation is 3. The van der Waals surface area contributed by atoms with E-state index in [0.29, 0.717) is 0 Å². The standard InChI is InChI=1S/C20H17BN.Pt/c1-13-11-14(2)19(15(3)12-13)21-17-8-5-4-7-16(17)20-18(21)9-6-10-22-20;/h4-6,8-12H,1-3H3;/q-1;. The van der Waals surface area contributed by atoms with Gasteiger partial charge in [0.1, 0.15) is 0 Å². The van der Waals surface area contributed by atoms with Crippen LogP contribution in [0.2, 0.25) is 0 Å². The van der Waals surface area contributed by atoms with Gasteiger partial charge in [0.2, 0.25) is 0 Å². The van der Waals surface area contributed by atoms with E-state index < -0.39 is 0 Å². The van der Waals surface area contributed by atoms with Crippen LogP contribution in [0.1, 0.15) is 16.7 Å². The third kappa shape index (κ3) is 2.50. The Kier molecular flexibility index (Phi) is 4.29. The number of rotatable bonds is 1. The van der Waals surface area contributed by atoms with Crippen molar-refractivity contribution in [1.82, 2.24) is 4.98 Å². The van der Waals surface area contributed by atoms with Crippen molar-refractivity contribution in [2.75, 3.05) is 0 Å². The average Bonchev–Trinajstić information content (AvgIpc) is 2.82. The Balaban J connectivity index is 0.00000156. The van der Waals surface area contributed by atoms with Crippen molar-refractivity contribution in [1.29, 1.82) is 0 Å². The van der Waals surface area contributed by atoms with Gasteiger partial charge in [-0.25, -0.2) is 0 Å². The molecule has 0 fully saturated rings. The third-order valence-corrected chi connectivity index (χ3v) is 4.61. The Morgan fingerprint density at radius 3 is 2.39 bits per heavy atom. The van der Waals surface area contributed by atoms with Crippen LogP contribution in [0.4, 0.5) is 0 Å². The Hall–Kier alpha value is -1.66. The van der Waals surface area contributed by atoms with Gasteiger partial charge in [0, 0.05) is 27.3 Å². The van der Waals surface area contributed by atoms with Crippen LogP contribution in [0.3, 0.4) is 0 Å². The third-order valence-electron chi connectivity index (χ3n) is 4.61. The number of hydrogen-bond acceptors (Lipinski definition) is 1. The summed E-state index contributed by atoms with van der Waals surface area (Å²) in [5.74, 6) is 0. The molecule has 2 aromatic carbocycles. The molecule has 1 aliphatic heterocycles. The van der Waals surface area contributed by atoms with Gasteiger partial charge in [0.25, 0.3) is 0 Å². The first-order chi connectivity index (χ1) is 10.7. The fourth-order valence-corrected chi connectivity index (χ4v) is 3.88. The van der Waals surface area contributed by atoms with Gasteiger partial charge in [-0.1, -0.05) is 45.8 Å². The van der Waals surface area contributed by atoms with Crippen molar-refractivity contribution >= 4 is 23.1 Å². The molecule has 0 bridgehead atoms. The molecule has 1 nitrogen and oxygen atoms in total. The number of benzene rings is 2. The summed E-state index contributed by atoms with van der Waals surface area (Å²) in [6.45, 7) is 6.87. The zero-order chi connectivity index (χ0) is 15.3. The second-order valence-electron chi connectivity index (χ2n) is 6.19. The Bertz CT molecular complexity index is 820. The van der Waals surface area contributed by atoms with E-state index in [9.17, 15) is 0 Å². The van der Waals surface area contributed by atoms with E-state index in [-0.39, 0.29) is 27.8 Å². The minimum absolute atomic E-state index is 0. The summed E-state index contributed by atoms with van der Waals surface area (Å²) in [6, 6.07) is 18.5. The molecule has 2 heterocycles. The first kappa shape index (κ1) is 16.2. The second-order valence-corrected chi connectivity index (χ2v) is 6.19. The van der Waals surface area contributed by atoms with Crippen LogP contribution in [0.5, 0.6) is 0 Å². The smallest absolute Gasteiger partial charge is 0.182 e. The first-order valence-corrected chi connectivity index (χ1v) is 7.70. The van der Waals surface area contributed by atoms with E-state index in [0.717, 1.165) is 11.3 Å². The molecule has 4 rings (SSSR count). The molecule has 23 heavy (non-hydrogen) atoms. The Morgan fingerprint density at radius 2 is 1.65 bits per heavy atom. The van der Waals surface area contributed by atoms with E-state index >= 15 is 0 Å². The summed E-state index contributed by atoms with van der Waals surface area (Å²) in [7, 11) is 0. The van der Waals surface area contributed by atoms with E-state index in [2.05, 4.69) is 62.2 Å². The fraction of sp³-hybridized carbons (Fsp3) is 0.150. The van der Waals surface area contributed by atoms with Crippen LogP contribution in [-0.4, -0.2) is 11.7 Å². The van der Waals surface area contributed by atoms with Crippen LogP contribution in [0, 0.1) is 26.8 Å². The molecule has 116 valence electrons. The maximum absolute atomic E-state index is 4.62. The van der Waals surface area contributed by atoms with Gasteiger partial charge >= 0.3 is 0 Å². The fourth-order valence-electron chi connectivity index (χ4n) is 3.88. The molecule has 0 N–H and O–H groups in total. The number of hydrogen-bond donors (Lipinski definition) is 0. The minimum atomic E-state index is 0. The molecule has 3 heteroatoms. The van der Waals surface area contributed by atoms with Crippen molar-refractivity contribution in [3.63, 3.8) is 0 Å². The molecule has 0 amide bonds. The van der Waals surface area contributed by atoms with Gasteiger partial charge in [-0.05, 0) is 32.5 Å². The zero-order valence-electron chi connectivity index (χ0n) is 13.5. The van der Waals surface area contributed by atoms with E-state index in [4.69, 9.17) is 0 Å². The molecule has 3 aromatic rings. The zero-order valence-corrected chi connectivity index (χ0v) is 15.7. The molecule has 0 atom stereocenters. The van der Waals surface area contributed by atoms with Crippen LogP contribution in [0.25, 0.3) is 11.3 Å². The largest absolute Gasteiger partial charge is 0.305 e. The number of aromatic nitrogens is 1. The predicted octanol–water partition coefficient (Wildman–Crippen LogP) is 2.30. The summed E-state index contributed by atoms with van der Waals surface area (Å²) >= 11 is 0. The monoisotopic (exact) mass is 477 g/mol. The molecule has 0 radical (unpaired) electrons. The van der Waals surface area contributed by atoms with Gasteiger partial charge in [-0.3, -0.25) is 0 Å². The predicted molar refractivity (Wildman–Crippen MR) is 93.8 cm³/mol. The maximum atomic E-state index is 4.62. The van der Waals surface area contributed by atoms with Gasteiger partial charge in [0.05, 0.1) is 0 Å². The van der Waals surface area contributed by atoms with Gasteiger partial charge in [0.15, 0.2) is 6.71 Å². The number of pyridine rings is 1. The summed E-state index contributed by atoms with van der Waals surface area (Å²) in [5, 5.41) is 0. The van der Waals surface area contributed by atoms with Crippen LogP contribution >= 0.6 is 0 Å². The van der Waals surface area contributed by atoms with E-state index in [1.54, 1.807) is 0 Å². The first-order valence-electron chi connectivity index (χ1n) is 7.70. The molecule has 0 spiro atoms. The minimum Gasteiger partial charge on any atom is -0.305 e. The van der Waals surface area contributed by atoms with Crippen molar-refractivity contribution in [2.24, 2.45) is 0 Å². The molecule has 0 aliphatic carbocycles. The van der Waals surface area contributed by atoms with Crippen molar-refractivity contribution in [3.8, 4) is 11.3 Å². The quantitative estimate of drug-likeness (QED) is 0.303. The molecule has 0 saturated heterocycles. The Labute approximate surface area is 152 Å². The Morgan fingerprint density at radius 1 is 0.957 bits per heavy atom. The normalized spacial score (nSPS) is 11.7. The van der Waals surface area contributed by atoms with Crippen molar-refractivity contribution in [2.45, 2.75) is 20.8 Å². The van der Waals surface area contributed by atoms with Gasteiger partial charge in [-0.2, -0.15) is 0 Å². The summed E-state index contributed by atoms with van der Waals surface area (Å²) in [6.07, 6.45) is 1.88. The summed E-state index contributed by atoms with van der Waals surface area (Å²) < 4.78 is 0. The average molecular weight is 477 g/mol. The molecule has 1 aliphatic rings. The summed E-state index contributed by atoms with van der Waals surface area (Å²) in [4.78, 5) is 4.62. The van der Waals surface area contributed by atoms with Crippen molar-refractivity contribution in [3.05, 3.63) is 71.4 Å². The molecular weight excluding hydrogens is 460 g/mol. The molecular formula is C20H17BNPt-. The molecule has 0 unspecified atom stereocenters.